The summed E-state index contributed by atoms with van der Waals surface area (Å²) in [4.78, 5) is 27.1. The second kappa shape index (κ2) is 8.95. The predicted octanol–water partition coefficient (Wildman–Crippen LogP) is 4.45. The van der Waals surface area contributed by atoms with Crippen LogP contribution < -0.4 is 10.2 Å². The van der Waals surface area contributed by atoms with Crippen molar-refractivity contribution in [2.24, 2.45) is 0 Å². The lowest BCUT2D eigenvalue weighted by atomic mass is 10.1. The molecule has 0 atom stereocenters. The molecule has 30 heavy (non-hydrogen) atoms. The smallest absolute Gasteiger partial charge is 0.258 e. The lowest BCUT2D eigenvalue weighted by molar-refractivity contribution is -0.121. The largest absolute Gasteiger partial charge is 0.352 e. The molecule has 0 unspecified atom stereocenters. The summed E-state index contributed by atoms with van der Waals surface area (Å²) in [5.74, 6) is 0.0599. The third kappa shape index (κ3) is 4.60. The van der Waals surface area contributed by atoms with Crippen LogP contribution in [-0.4, -0.2) is 18.4 Å². The van der Waals surface area contributed by atoms with Gasteiger partial charge in [-0.3, -0.25) is 9.59 Å². The van der Waals surface area contributed by atoms with Gasteiger partial charge in [-0.05, 0) is 54.7 Å². The molecule has 152 valence electrons. The van der Waals surface area contributed by atoms with Gasteiger partial charge >= 0.3 is 0 Å². The molecule has 0 aromatic heterocycles. The Labute approximate surface area is 177 Å². The third-order valence-corrected chi connectivity index (χ3v) is 5.56. The summed E-state index contributed by atoms with van der Waals surface area (Å²) >= 11 is 0. The van der Waals surface area contributed by atoms with Crippen LogP contribution in [0.5, 0.6) is 0 Å². The number of hydrogen-bond donors (Lipinski definition) is 1. The Hall–Kier alpha value is -3.40. The number of amides is 2. The van der Waals surface area contributed by atoms with Crippen LogP contribution in [0.15, 0.2) is 72.8 Å². The van der Waals surface area contributed by atoms with E-state index in [9.17, 15) is 9.59 Å². The highest BCUT2D eigenvalue weighted by Crippen LogP contribution is 2.30. The first-order chi connectivity index (χ1) is 14.6. The van der Waals surface area contributed by atoms with Crippen molar-refractivity contribution < 1.29 is 9.59 Å². The van der Waals surface area contributed by atoms with E-state index in [0.717, 1.165) is 35.2 Å². The van der Waals surface area contributed by atoms with Gasteiger partial charge in [-0.2, -0.15) is 0 Å². The third-order valence-electron chi connectivity index (χ3n) is 5.56. The number of nitrogens with zero attached hydrogens (tertiary/aromatic N) is 1. The van der Waals surface area contributed by atoms with Gasteiger partial charge in [0.1, 0.15) is 0 Å². The molecule has 0 saturated heterocycles. The summed E-state index contributed by atoms with van der Waals surface area (Å²) in [6, 6.07) is 23.9. The molecular weight excluding hydrogens is 372 g/mol. The minimum Gasteiger partial charge on any atom is -0.352 e. The topological polar surface area (TPSA) is 49.4 Å². The first-order valence-electron chi connectivity index (χ1n) is 10.4. The number of carbonyl (C=O) groups is 2. The van der Waals surface area contributed by atoms with Crippen LogP contribution in [0, 0.1) is 6.92 Å². The fourth-order valence-electron chi connectivity index (χ4n) is 3.79. The molecule has 2 amide bonds. The van der Waals surface area contributed by atoms with Gasteiger partial charge in [0, 0.05) is 30.8 Å². The molecule has 4 nitrogen and oxygen atoms in total. The van der Waals surface area contributed by atoms with Crippen LogP contribution >= 0.6 is 0 Å². The number of fused-ring (bicyclic) bond motifs is 1. The highest BCUT2D eigenvalue weighted by molar-refractivity contribution is 6.07. The van der Waals surface area contributed by atoms with Crippen LogP contribution in [0.4, 0.5) is 5.69 Å². The molecule has 4 rings (SSSR count). The van der Waals surface area contributed by atoms with E-state index in [-0.39, 0.29) is 11.8 Å². The molecule has 3 aromatic carbocycles. The van der Waals surface area contributed by atoms with E-state index in [1.165, 1.54) is 5.56 Å². The lowest BCUT2D eigenvalue weighted by Gasteiger charge is -2.18. The maximum absolute atomic E-state index is 13.0. The summed E-state index contributed by atoms with van der Waals surface area (Å²) in [6.07, 6.45) is 2.05. The molecule has 0 aliphatic carbocycles. The maximum Gasteiger partial charge on any atom is 0.258 e. The molecule has 0 spiro atoms. The molecular formula is C26H26N2O2. The molecule has 0 saturated carbocycles. The Morgan fingerprint density at radius 1 is 0.933 bits per heavy atom. The Morgan fingerprint density at radius 2 is 1.70 bits per heavy atom. The summed E-state index contributed by atoms with van der Waals surface area (Å²) in [5, 5.41) is 3.00. The van der Waals surface area contributed by atoms with Gasteiger partial charge < -0.3 is 10.2 Å². The first-order valence-corrected chi connectivity index (χ1v) is 10.4. The quantitative estimate of drug-likeness (QED) is 0.667. The van der Waals surface area contributed by atoms with Crippen LogP contribution in [0.25, 0.3) is 0 Å². The van der Waals surface area contributed by atoms with E-state index in [2.05, 4.69) is 11.4 Å². The van der Waals surface area contributed by atoms with Crippen LogP contribution in [0.1, 0.15) is 39.0 Å². The number of nitrogens with one attached hydrogen (secondary N) is 1. The summed E-state index contributed by atoms with van der Waals surface area (Å²) in [5.41, 5.74) is 6.14. The van der Waals surface area contributed by atoms with Gasteiger partial charge in [-0.25, -0.2) is 0 Å². The van der Waals surface area contributed by atoms with Gasteiger partial charge in [0.25, 0.3) is 5.91 Å². The van der Waals surface area contributed by atoms with Crippen molar-refractivity contribution in [2.75, 3.05) is 11.4 Å². The average Bonchev–Trinajstić information content (AvgIpc) is 3.20. The summed E-state index contributed by atoms with van der Waals surface area (Å²) in [6.45, 7) is 3.17. The lowest BCUT2D eigenvalue weighted by Crippen LogP contribution is -2.29. The van der Waals surface area contributed by atoms with Crippen molar-refractivity contribution in [1.29, 1.82) is 0 Å². The summed E-state index contributed by atoms with van der Waals surface area (Å²) < 4.78 is 0. The van der Waals surface area contributed by atoms with Gasteiger partial charge in [-0.1, -0.05) is 60.2 Å². The predicted molar refractivity (Wildman–Crippen MR) is 120 cm³/mol. The minimum atomic E-state index is 0.0257. The molecule has 3 aromatic rings. The fourth-order valence-corrected chi connectivity index (χ4v) is 3.79. The zero-order valence-corrected chi connectivity index (χ0v) is 17.2. The van der Waals surface area contributed by atoms with Crippen LogP contribution in [0.2, 0.25) is 0 Å². The number of anilines is 1. The number of carbonyl (C=O) groups excluding carboxylic acids is 2. The van der Waals surface area contributed by atoms with E-state index >= 15 is 0 Å². The van der Waals surface area contributed by atoms with E-state index in [1.54, 1.807) is 0 Å². The normalized spacial score (nSPS) is 12.5. The maximum atomic E-state index is 13.0. The molecule has 1 N–H and O–H groups in total. The van der Waals surface area contributed by atoms with E-state index in [1.807, 2.05) is 78.6 Å². The number of rotatable bonds is 6. The van der Waals surface area contributed by atoms with Crippen LogP contribution in [-0.2, 0) is 24.2 Å². The standard InChI is InChI=1S/C26H26N2O2/c1-19-7-11-23(12-8-19)26(30)28-16-15-22-13-9-21(17-24(22)28)18-27-25(29)14-10-20-5-3-2-4-6-20/h2-9,11-13,17H,10,14-16,18H2,1H3,(H,27,29). The van der Waals surface area contributed by atoms with Crippen molar-refractivity contribution in [1.82, 2.24) is 5.32 Å². The fraction of sp³-hybridized carbons (Fsp3) is 0.231. The number of aryl methyl sites for hydroxylation is 2. The molecule has 1 aliphatic rings. The minimum absolute atomic E-state index is 0.0257. The van der Waals surface area contributed by atoms with Crippen molar-refractivity contribution in [3.63, 3.8) is 0 Å². The zero-order valence-electron chi connectivity index (χ0n) is 17.2. The van der Waals surface area contributed by atoms with Crippen molar-refractivity contribution >= 4 is 17.5 Å². The Kier molecular flexibility index (Phi) is 5.94. The highest BCUT2D eigenvalue weighted by atomic mass is 16.2. The van der Waals surface area contributed by atoms with Crippen molar-refractivity contribution in [3.8, 4) is 0 Å². The molecule has 0 radical (unpaired) electrons. The monoisotopic (exact) mass is 398 g/mol. The molecule has 0 fully saturated rings. The SMILES string of the molecule is Cc1ccc(C(=O)N2CCc3ccc(CNC(=O)CCc4ccccc4)cc32)cc1. The van der Waals surface area contributed by atoms with Gasteiger partial charge in [-0.15, -0.1) is 0 Å². The molecule has 4 heteroatoms. The molecule has 1 heterocycles. The number of hydrogen-bond acceptors (Lipinski definition) is 2. The number of benzene rings is 3. The van der Waals surface area contributed by atoms with Gasteiger partial charge in [0.05, 0.1) is 0 Å². The van der Waals surface area contributed by atoms with E-state index < -0.39 is 0 Å². The van der Waals surface area contributed by atoms with E-state index in [4.69, 9.17) is 0 Å². The molecule has 0 bridgehead atoms. The second-order valence-electron chi connectivity index (χ2n) is 7.80. The zero-order chi connectivity index (χ0) is 20.9. The Balaban J connectivity index is 1.38. The Morgan fingerprint density at radius 3 is 2.47 bits per heavy atom. The first kappa shape index (κ1) is 19.9. The average molecular weight is 399 g/mol. The van der Waals surface area contributed by atoms with Gasteiger partial charge in [0.2, 0.25) is 5.91 Å². The highest BCUT2D eigenvalue weighted by Gasteiger charge is 2.25. The second-order valence-corrected chi connectivity index (χ2v) is 7.80. The van der Waals surface area contributed by atoms with E-state index in [0.29, 0.717) is 25.1 Å². The van der Waals surface area contributed by atoms with Crippen molar-refractivity contribution in [3.05, 3.63) is 101 Å². The Bertz CT molecular complexity index is 1040. The van der Waals surface area contributed by atoms with Crippen molar-refractivity contribution in [2.45, 2.75) is 32.7 Å². The molecule has 1 aliphatic heterocycles. The van der Waals surface area contributed by atoms with Crippen LogP contribution in [0.3, 0.4) is 0 Å². The summed E-state index contributed by atoms with van der Waals surface area (Å²) in [7, 11) is 0. The van der Waals surface area contributed by atoms with Gasteiger partial charge in [0.15, 0.2) is 0 Å².